The van der Waals surface area contributed by atoms with Crippen LogP contribution in [0.25, 0.3) is 0 Å². The van der Waals surface area contributed by atoms with Crippen molar-refractivity contribution >= 4 is 11.8 Å². The van der Waals surface area contributed by atoms with Gasteiger partial charge >= 0.3 is 51.4 Å². The fraction of sp³-hybridized carbons (Fsp3) is 0.889. The Morgan fingerprint density at radius 3 is 2.04 bits per heavy atom. The number of carbonyl (C=O) groups excluding carboxylic acids is 2. The van der Waals surface area contributed by atoms with Gasteiger partial charge in [-0.2, -0.15) is 0 Å². The number of aliphatic hydroxyl groups is 1. The third-order valence-electron chi connectivity index (χ3n) is 4.16. The summed E-state index contributed by atoms with van der Waals surface area (Å²) in [5.41, 5.74) is 5.85. The summed E-state index contributed by atoms with van der Waals surface area (Å²) in [6, 6.07) is -0.704. The van der Waals surface area contributed by atoms with Crippen LogP contribution in [0.5, 0.6) is 0 Å². The van der Waals surface area contributed by atoms with Crippen molar-refractivity contribution in [3.63, 3.8) is 0 Å². The smallest absolute Gasteiger partial charge is 0.549 e. The summed E-state index contributed by atoms with van der Waals surface area (Å²) in [6.45, 7) is 2.03. The van der Waals surface area contributed by atoms with Gasteiger partial charge in [0.15, 0.2) is 5.78 Å². The summed E-state index contributed by atoms with van der Waals surface area (Å²) < 4.78 is 0. The monoisotopic (exact) mass is 382 g/mol. The largest absolute Gasteiger partial charge is 1.00 e. The summed E-state index contributed by atoms with van der Waals surface area (Å²) in [5, 5.41) is 19.5. The van der Waals surface area contributed by atoms with Gasteiger partial charge in [-0.05, 0) is 6.42 Å². The maximum absolute atomic E-state index is 12.0. The minimum absolute atomic E-state index is 0. The molecule has 6 nitrogen and oxygen atoms in total. The van der Waals surface area contributed by atoms with Crippen LogP contribution in [0.4, 0.5) is 0 Å². The fourth-order valence-electron chi connectivity index (χ4n) is 2.73. The van der Waals surface area contributed by atoms with Crippen LogP contribution in [0, 0.1) is 0 Å². The van der Waals surface area contributed by atoms with Gasteiger partial charge in [0, 0.05) is 26.1 Å². The molecule has 7 heteroatoms. The Bertz CT molecular complexity index is 343. The fourth-order valence-corrected chi connectivity index (χ4v) is 2.73. The van der Waals surface area contributed by atoms with E-state index in [2.05, 4.69) is 6.92 Å². The van der Waals surface area contributed by atoms with Crippen LogP contribution in [0.2, 0.25) is 0 Å². The zero-order valence-corrected chi connectivity index (χ0v) is 19.3. The molecule has 0 aliphatic heterocycles. The first-order valence-corrected chi connectivity index (χ1v) is 9.32. The molecule has 0 aromatic rings. The van der Waals surface area contributed by atoms with E-state index >= 15 is 0 Å². The molecule has 3 N–H and O–H groups in total. The third kappa shape index (κ3) is 17.8. The average molecular weight is 383 g/mol. The van der Waals surface area contributed by atoms with Crippen LogP contribution in [-0.2, 0) is 9.59 Å². The molecule has 0 radical (unpaired) electrons. The van der Waals surface area contributed by atoms with Crippen LogP contribution in [0.15, 0.2) is 0 Å². The molecule has 0 bridgehead atoms. The van der Waals surface area contributed by atoms with Crippen molar-refractivity contribution < 1.29 is 71.2 Å². The Kier molecular flexibility index (Phi) is 21.6. The van der Waals surface area contributed by atoms with Gasteiger partial charge in [0.05, 0.1) is 18.6 Å². The molecule has 0 aromatic heterocycles. The minimum atomic E-state index is -1.23. The molecule has 0 spiro atoms. The maximum Gasteiger partial charge on any atom is 1.00 e. The van der Waals surface area contributed by atoms with E-state index in [9.17, 15) is 14.7 Å². The number of hydrogen-bond acceptors (Lipinski definition) is 6. The SMILES string of the molecule is CCCCCCCCCCCC(=O)C(N)CN(CCO)CC(=O)[O-].[K+]. The second kappa shape index (κ2) is 19.4. The Balaban J connectivity index is 0. The molecular formula is C18H35KN2O4. The number of carboxylic acids is 1. The van der Waals surface area contributed by atoms with E-state index in [4.69, 9.17) is 10.8 Å². The Labute approximate surface area is 195 Å². The average Bonchev–Trinajstić information content (AvgIpc) is 2.52. The molecule has 0 fully saturated rings. The first kappa shape index (κ1) is 27.9. The zero-order chi connectivity index (χ0) is 18.2. The second-order valence-electron chi connectivity index (χ2n) is 6.48. The van der Waals surface area contributed by atoms with Crippen molar-refractivity contribution in [2.75, 3.05) is 26.2 Å². The van der Waals surface area contributed by atoms with E-state index in [0.717, 1.165) is 19.3 Å². The first-order valence-electron chi connectivity index (χ1n) is 9.32. The van der Waals surface area contributed by atoms with Gasteiger partial charge < -0.3 is 20.7 Å². The predicted octanol–water partition coefficient (Wildman–Crippen LogP) is -2.15. The van der Waals surface area contributed by atoms with Crippen LogP contribution in [0.3, 0.4) is 0 Å². The van der Waals surface area contributed by atoms with Crippen LogP contribution >= 0.6 is 0 Å². The zero-order valence-electron chi connectivity index (χ0n) is 16.2. The number of aliphatic hydroxyl groups excluding tert-OH is 1. The Morgan fingerprint density at radius 1 is 1.04 bits per heavy atom. The van der Waals surface area contributed by atoms with Crippen molar-refractivity contribution in [2.45, 2.75) is 77.2 Å². The Morgan fingerprint density at radius 2 is 1.56 bits per heavy atom. The molecule has 1 unspecified atom stereocenters. The van der Waals surface area contributed by atoms with Gasteiger partial charge in [0.25, 0.3) is 0 Å². The Hall–Kier alpha value is 0.656. The van der Waals surface area contributed by atoms with Gasteiger partial charge in [-0.25, -0.2) is 0 Å². The number of hydrogen-bond donors (Lipinski definition) is 2. The van der Waals surface area contributed by atoms with Crippen molar-refractivity contribution in [1.82, 2.24) is 4.90 Å². The van der Waals surface area contributed by atoms with Crippen LogP contribution in [-0.4, -0.2) is 54.0 Å². The quantitative estimate of drug-likeness (QED) is 0.219. The van der Waals surface area contributed by atoms with Crippen LogP contribution in [0.1, 0.15) is 71.1 Å². The van der Waals surface area contributed by atoms with E-state index in [-0.39, 0.29) is 83.4 Å². The number of ketones is 1. The number of Topliss-reactive ketones (excluding diaryl/α,β-unsaturated/α-hetero) is 1. The van der Waals surface area contributed by atoms with E-state index < -0.39 is 12.0 Å². The number of aliphatic carboxylic acids is 1. The standard InChI is InChI=1S/C18H36N2O4.K/c1-2-3-4-5-6-7-8-9-10-11-17(22)16(19)14-20(12-13-21)15-18(23)24;/h16,21H,2-15,19H2,1H3,(H,23,24);/q;+1/p-1. The van der Waals surface area contributed by atoms with Gasteiger partial charge in [0.1, 0.15) is 0 Å². The summed E-state index contributed by atoms with van der Waals surface area (Å²) in [5.74, 6) is -1.28. The molecular weight excluding hydrogens is 347 g/mol. The predicted molar refractivity (Wildman–Crippen MR) is 93.4 cm³/mol. The number of nitrogens with two attached hydrogens (primary N) is 1. The molecule has 0 saturated heterocycles. The molecule has 0 rings (SSSR count). The topological polar surface area (TPSA) is 107 Å². The van der Waals surface area contributed by atoms with E-state index in [0.29, 0.717) is 6.42 Å². The molecule has 0 aliphatic rings. The molecule has 0 heterocycles. The molecule has 0 aliphatic carbocycles. The number of nitrogens with zero attached hydrogens (tertiary/aromatic N) is 1. The molecule has 0 saturated carbocycles. The summed E-state index contributed by atoms with van der Waals surface area (Å²) in [4.78, 5) is 24.1. The molecule has 0 aromatic carbocycles. The van der Waals surface area contributed by atoms with Gasteiger partial charge in [-0.1, -0.05) is 58.3 Å². The van der Waals surface area contributed by atoms with E-state index in [1.165, 1.54) is 43.4 Å². The number of carboxylic acid groups (broad SMARTS) is 1. The van der Waals surface area contributed by atoms with Gasteiger partial charge in [0.2, 0.25) is 0 Å². The molecule has 0 amide bonds. The van der Waals surface area contributed by atoms with E-state index in [1.54, 1.807) is 0 Å². The van der Waals surface area contributed by atoms with Gasteiger partial charge in [-0.3, -0.25) is 9.69 Å². The molecule has 142 valence electrons. The van der Waals surface area contributed by atoms with Crippen molar-refractivity contribution in [3.05, 3.63) is 0 Å². The van der Waals surface area contributed by atoms with Crippen molar-refractivity contribution in [3.8, 4) is 0 Å². The molecule has 1 atom stereocenters. The normalized spacial score (nSPS) is 12.0. The number of carbonyl (C=O) groups is 2. The molecule has 25 heavy (non-hydrogen) atoms. The van der Waals surface area contributed by atoms with Gasteiger partial charge in [-0.15, -0.1) is 0 Å². The summed E-state index contributed by atoms with van der Waals surface area (Å²) in [7, 11) is 0. The summed E-state index contributed by atoms with van der Waals surface area (Å²) >= 11 is 0. The summed E-state index contributed by atoms with van der Waals surface area (Å²) in [6.07, 6.45) is 11.2. The minimum Gasteiger partial charge on any atom is -0.549 e. The third-order valence-corrected chi connectivity index (χ3v) is 4.16. The number of rotatable bonds is 17. The van der Waals surface area contributed by atoms with Crippen molar-refractivity contribution in [2.24, 2.45) is 5.73 Å². The first-order chi connectivity index (χ1) is 11.5. The van der Waals surface area contributed by atoms with Crippen LogP contribution < -0.4 is 62.2 Å². The number of unbranched alkanes of at least 4 members (excludes halogenated alkanes) is 8. The van der Waals surface area contributed by atoms with Crippen molar-refractivity contribution in [1.29, 1.82) is 0 Å². The maximum atomic E-state index is 12.0. The van der Waals surface area contributed by atoms with E-state index in [1.807, 2.05) is 0 Å². The second-order valence-corrected chi connectivity index (χ2v) is 6.48.